The summed E-state index contributed by atoms with van der Waals surface area (Å²) in [5.41, 5.74) is 1.77. The van der Waals surface area contributed by atoms with E-state index in [9.17, 15) is 18.0 Å². The number of amides is 2. The number of anilines is 1. The number of sulfonamides is 1. The summed E-state index contributed by atoms with van der Waals surface area (Å²) in [7, 11) is -4.17. The van der Waals surface area contributed by atoms with E-state index in [1.54, 1.807) is 43.3 Å². The van der Waals surface area contributed by atoms with E-state index in [1.165, 1.54) is 29.2 Å². The number of hydrogen-bond donors (Lipinski definition) is 1. The first-order chi connectivity index (χ1) is 18.4. The minimum Gasteiger partial charge on any atom is -0.354 e. The number of aryl methyl sites for hydroxylation is 1. The summed E-state index contributed by atoms with van der Waals surface area (Å²) in [5, 5.41) is 3.84. The predicted molar refractivity (Wildman–Crippen MR) is 157 cm³/mol. The van der Waals surface area contributed by atoms with Crippen LogP contribution in [0.15, 0.2) is 71.6 Å². The highest BCUT2D eigenvalue weighted by atomic mass is 35.5. The maximum absolute atomic E-state index is 13.9. The molecule has 3 rings (SSSR count). The van der Waals surface area contributed by atoms with Crippen molar-refractivity contribution in [3.8, 4) is 0 Å². The first-order valence-electron chi connectivity index (χ1n) is 12.3. The van der Waals surface area contributed by atoms with Gasteiger partial charge < -0.3 is 10.2 Å². The van der Waals surface area contributed by atoms with Gasteiger partial charge in [0.15, 0.2) is 0 Å². The second-order valence-corrected chi connectivity index (χ2v) is 12.2. The monoisotopic (exact) mass is 609 g/mol. The topological polar surface area (TPSA) is 86.8 Å². The first-order valence-corrected chi connectivity index (χ1v) is 14.9. The van der Waals surface area contributed by atoms with Crippen molar-refractivity contribution in [2.24, 2.45) is 0 Å². The van der Waals surface area contributed by atoms with Crippen LogP contribution in [0.2, 0.25) is 15.1 Å². The van der Waals surface area contributed by atoms with Gasteiger partial charge in [-0.3, -0.25) is 13.9 Å². The third-order valence-electron chi connectivity index (χ3n) is 6.02. The van der Waals surface area contributed by atoms with Crippen molar-refractivity contribution in [2.45, 2.75) is 44.7 Å². The van der Waals surface area contributed by atoms with Gasteiger partial charge >= 0.3 is 0 Å². The Kier molecular flexibility index (Phi) is 10.7. The Morgan fingerprint density at radius 3 is 2.26 bits per heavy atom. The lowest BCUT2D eigenvalue weighted by molar-refractivity contribution is -0.139. The van der Waals surface area contributed by atoms with Crippen LogP contribution in [0, 0.1) is 6.92 Å². The number of rotatable bonds is 11. The Bertz CT molecular complexity index is 1430. The Labute approximate surface area is 244 Å². The molecule has 1 atom stereocenters. The molecule has 39 heavy (non-hydrogen) atoms. The molecule has 7 nitrogen and oxygen atoms in total. The molecule has 208 valence electrons. The molecule has 3 aromatic rings. The van der Waals surface area contributed by atoms with Crippen LogP contribution in [-0.4, -0.2) is 44.3 Å². The van der Waals surface area contributed by atoms with Gasteiger partial charge in [0.25, 0.3) is 10.0 Å². The zero-order valence-corrected chi connectivity index (χ0v) is 24.9. The molecule has 0 aromatic heterocycles. The van der Waals surface area contributed by atoms with Crippen LogP contribution in [0.25, 0.3) is 0 Å². The SMILES string of the molecule is CCCNC(=O)[C@@H](C)N(Cc1ccc(Cl)c(Cl)c1)C(=O)CN(c1cccc(C)c1)S(=O)(=O)c1ccc(Cl)cc1. The van der Waals surface area contributed by atoms with Crippen molar-refractivity contribution in [3.63, 3.8) is 0 Å². The van der Waals surface area contributed by atoms with E-state index >= 15 is 0 Å². The second kappa shape index (κ2) is 13.5. The van der Waals surface area contributed by atoms with Gasteiger partial charge in [0.05, 0.1) is 20.6 Å². The molecule has 0 bridgehead atoms. The van der Waals surface area contributed by atoms with E-state index in [-0.39, 0.29) is 17.3 Å². The maximum atomic E-state index is 13.9. The smallest absolute Gasteiger partial charge is 0.264 e. The van der Waals surface area contributed by atoms with Crippen molar-refractivity contribution in [2.75, 3.05) is 17.4 Å². The Morgan fingerprint density at radius 1 is 0.949 bits per heavy atom. The lowest BCUT2D eigenvalue weighted by atomic mass is 10.1. The van der Waals surface area contributed by atoms with Gasteiger partial charge in [-0.15, -0.1) is 0 Å². The van der Waals surface area contributed by atoms with E-state index in [0.29, 0.717) is 32.9 Å². The van der Waals surface area contributed by atoms with Crippen LogP contribution in [0.5, 0.6) is 0 Å². The molecule has 0 spiro atoms. The molecule has 3 aromatic carbocycles. The average molecular weight is 611 g/mol. The van der Waals surface area contributed by atoms with Crippen molar-refractivity contribution < 1.29 is 18.0 Å². The van der Waals surface area contributed by atoms with Gasteiger partial charge in [0, 0.05) is 18.1 Å². The van der Waals surface area contributed by atoms with Crippen LogP contribution < -0.4 is 9.62 Å². The quantitative estimate of drug-likeness (QED) is 0.285. The molecule has 0 heterocycles. The number of halogens is 3. The molecule has 0 fully saturated rings. The number of carbonyl (C=O) groups is 2. The largest absolute Gasteiger partial charge is 0.354 e. The minimum absolute atomic E-state index is 0.0130. The van der Waals surface area contributed by atoms with Gasteiger partial charge in [-0.05, 0) is 79.9 Å². The summed E-state index contributed by atoms with van der Waals surface area (Å²) < 4.78 is 28.6. The Balaban J connectivity index is 2.03. The van der Waals surface area contributed by atoms with Crippen LogP contribution in [0.1, 0.15) is 31.4 Å². The van der Waals surface area contributed by atoms with Gasteiger partial charge in [-0.1, -0.05) is 59.9 Å². The number of benzene rings is 3. The number of nitrogens with one attached hydrogen (secondary N) is 1. The summed E-state index contributed by atoms with van der Waals surface area (Å²) in [5.74, 6) is -0.924. The van der Waals surface area contributed by atoms with Crippen molar-refractivity contribution in [1.29, 1.82) is 0 Å². The van der Waals surface area contributed by atoms with Crippen LogP contribution in [0.3, 0.4) is 0 Å². The fourth-order valence-electron chi connectivity index (χ4n) is 3.86. The number of carbonyl (C=O) groups excluding carboxylic acids is 2. The summed E-state index contributed by atoms with van der Waals surface area (Å²) in [6.45, 7) is 5.27. The van der Waals surface area contributed by atoms with Gasteiger partial charge in [0.1, 0.15) is 12.6 Å². The van der Waals surface area contributed by atoms with Gasteiger partial charge in [-0.2, -0.15) is 0 Å². The standard InChI is InChI=1S/C28H30Cl3N3O4S/c1-4-14-32-28(36)20(3)33(17-21-8-13-25(30)26(31)16-21)27(35)18-34(23-7-5-6-19(2)15-23)39(37,38)24-11-9-22(29)10-12-24/h5-13,15-16,20H,4,14,17-18H2,1-3H3,(H,32,36)/t20-/m1/s1. The fraction of sp³-hybridized carbons (Fsp3) is 0.286. The molecular formula is C28H30Cl3N3O4S. The van der Waals surface area contributed by atoms with Crippen LogP contribution in [-0.2, 0) is 26.2 Å². The third-order valence-corrected chi connectivity index (χ3v) is 8.80. The minimum atomic E-state index is -4.17. The molecule has 0 saturated carbocycles. The lowest BCUT2D eigenvalue weighted by Crippen LogP contribution is -2.51. The molecule has 0 radical (unpaired) electrons. The summed E-state index contributed by atoms with van der Waals surface area (Å²) >= 11 is 18.2. The molecule has 2 amide bonds. The first kappa shape index (κ1) is 30.8. The lowest BCUT2D eigenvalue weighted by Gasteiger charge is -2.32. The summed E-state index contributed by atoms with van der Waals surface area (Å²) in [6.07, 6.45) is 0.722. The molecule has 0 aliphatic rings. The zero-order valence-electron chi connectivity index (χ0n) is 21.8. The Hall–Kier alpha value is -2.78. The third kappa shape index (κ3) is 7.88. The van der Waals surface area contributed by atoms with Crippen LogP contribution in [0.4, 0.5) is 5.69 Å². The molecule has 0 aliphatic heterocycles. The molecule has 0 unspecified atom stereocenters. The highest BCUT2D eigenvalue weighted by Gasteiger charge is 2.32. The van der Waals surface area contributed by atoms with E-state index in [2.05, 4.69) is 5.32 Å². The van der Waals surface area contributed by atoms with E-state index in [0.717, 1.165) is 16.3 Å². The molecule has 0 saturated heterocycles. The molecule has 11 heteroatoms. The van der Waals surface area contributed by atoms with Gasteiger partial charge in [-0.25, -0.2) is 8.42 Å². The van der Waals surface area contributed by atoms with Crippen molar-refractivity contribution >= 4 is 62.3 Å². The van der Waals surface area contributed by atoms with E-state index in [1.807, 2.05) is 19.9 Å². The van der Waals surface area contributed by atoms with E-state index < -0.39 is 28.5 Å². The molecular weight excluding hydrogens is 581 g/mol. The van der Waals surface area contributed by atoms with E-state index in [4.69, 9.17) is 34.8 Å². The average Bonchev–Trinajstić information content (AvgIpc) is 2.90. The Morgan fingerprint density at radius 2 is 1.64 bits per heavy atom. The number of nitrogens with zero attached hydrogens (tertiary/aromatic N) is 2. The maximum Gasteiger partial charge on any atom is 0.264 e. The predicted octanol–water partition coefficient (Wildman–Crippen LogP) is 6.09. The molecule has 1 N–H and O–H groups in total. The van der Waals surface area contributed by atoms with Gasteiger partial charge in [0.2, 0.25) is 11.8 Å². The number of hydrogen-bond acceptors (Lipinski definition) is 4. The van der Waals surface area contributed by atoms with Crippen molar-refractivity contribution in [1.82, 2.24) is 10.2 Å². The van der Waals surface area contributed by atoms with Crippen LogP contribution >= 0.6 is 34.8 Å². The second-order valence-electron chi connectivity index (χ2n) is 9.04. The molecule has 0 aliphatic carbocycles. The zero-order chi connectivity index (χ0) is 28.7. The highest BCUT2D eigenvalue weighted by Crippen LogP contribution is 2.27. The fourth-order valence-corrected chi connectivity index (χ4v) is 5.71. The summed E-state index contributed by atoms with van der Waals surface area (Å²) in [4.78, 5) is 28.1. The van der Waals surface area contributed by atoms with Crippen molar-refractivity contribution in [3.05, 3.63) is 92.9 Å². The highest BCUT2D eigenvalue weighted by molar-refractivity contribution is 7.92. The summed E-state index contributed by atoms with van der Waals surface area (Å²) in [6, 6.07) is 16.6. The normalized spacial score (nSPS) is 12.1.